The third-order valence-corrected chi connectivity index (χ3v) is 2.06. The van der Waals surface area contributed by atoms with Crippen LogP contribution in [0.1, 0.15) is 12.1 Å². The topological polar surface area (TPSA) is 54.6 Å². The van der Waals surface area contributed by atoms with Gasteiger partial charge in [0.25, 0.3) is 0 Å². The fraction of sp³-hybridized carbons (Fsp3) is 0.200. The van der Waals surface area contributed by atoms with Crippen LogP contribution in [0.4, 0.5) is 4.39 Å². The number of carboxylic acids is 1. The van der Waals surface area contributed by atoms with Crippen molar-refractivity contribution in [3.05, 3.63) is 36.0 Å². The monoisotopic (exact) mass is 208 g/mol. The van der Waals surface area contributed by atoms with Gasteiger partial charge in [0, 0.05) is 18.8 Å². The molecule has 2 aromatic rings. The lowest BCUT2D eigenvalue weighted by atomic mass is 10.2. The van der Waals surface area contributed by atoms with Gasteiger partial charge in [-0.25, -0.2) is 9.37 Å². The Labute approximate surface area is 85.0 Å². The second kappa shape index (κ2) is 3.68. The van der Waals surface area contributed by atoms with Gasteiger partial charge in [-0.15, -0.1) is 0 Å². The van der Waals surface area contributed by atoms with Crippen LogP contribution in [0.3, 0.4) is 0 Å². The van der Waals surface area contributed by atoms with Crippen molar-refractivity contribution in [3.63, 3.8) is 0 Å². The normalized spacial score (nSPS) is 10.7. The number of pyridine rings is 1. The van der Waals surface area contributed by atoms with E-state index < -0.39 is 5.97 Å². The largest absolute Gasteiger partial charge is 0.481 e. The maximum Gasteiger partial charge on any atom is 0.303 e. The quantitative estimate of drug-likeness (QED) is 0.831. The molecule has 0 bridgehead atoms. The zero-order chi connectivity index (χ0) is 10.8. The van der Waals surface area contributed by atoms with Crippen molar-refractivity contribution in [2.45, 2.75) is 12.8 Å². The fourth-order valence-corrected chi connectivity index (χ4v) is 1.37. The van der Waals surface area contributed by atoms with Crippen LogP contribution < -0.4 is 0 Å². The average Bonchev–Trinajstić information content (AvgIpc) is 2.56. The highest BCUT2D eigenvalue weighted by Crippen LogP contribution is 2.08. The lowest BCUT2D eigenvalue weighted by Gasteiger charge is -1.90. The Morgan fingerprint density at radius 2 is 2.27 bits per heavy atom. The maximum atomic E-state index is 12.8. The van der Waals surface area contributed by atoms with E-state index in [1.165, 1.54) is 12.3 Å². The van der Waals surface area contributed by atoms with E-state index in [4.69, 9.17) is 5.11 Å². The maximum absolute atomic E-state index is 12.8. The first-order valence-corrected chi connectivity index (χ1v) is 4.50. The van der Waals surface area contributed by atoms with Crippen molar-refractivity contribution >= 4 is 11.6 Å². The highest BCUT2D eigenvalue weighted by molar-refractivity contribution is 5.67. The minimum atomic E-state index is -0.863. The van der Waals surface area contributed by atoms with E-state index in [2.05, 4.69) is 4.98 Å². The van der Waals surface area contributed by atoms with Crippen LogP contribution in [0, 0.1) is 5.82 Å². The lowest BCUT2D eigenvalue weighted by molar-refractivity contribution is -0.136. The molecule has 0 aromatic carbocycles. The van der Waals surface area contributed by atoms with Crippen LogP contribution in [0.15, 0.2) is 24.5 Å². The number of hydrogen-bond acceptors (Lipinski definition) is 2. The summed E-state index contributed by atoms with van der Waals surface area (Å²) in [5, 5.41) is 8.50. The van der Waals surface area contributed by atoms with Crippen LogP contribution in [-0.4, -0.2) is 20.5 Å². The van der Waals surface area contributed by atoms with Gasteiger partial charge < -0.3 is 9.51 Å². The predicted molar refractivity (Wildman–Crippen MR) is 51.1 cm³/mol. The Morgan fingerprint density at radius 1 is 1.47 bits per heavy atom. The van der Waals surface area contributed by atoms with Crippen LogP contribution in [0.2, 0.25) is 0 Å². The summed E-state index contributed by atoms with van der Waals surface area (Å²) >= 11 is 0. The van der Waals surface area contributed by atoms with Crippen LogP contribution >= 0.6 is 0 Å². The summed E-state index contributed by atoms with van der Waals surface area (Å²) in [5.74, 6) is -1.21. The first kappa shape index (κ1) is 9.64. The molecule has 2 heterocycles. The van der Waals surface area contributed by atoms with Gasteiger partial charge in [0.1, 0.15) is 11.5 Å². The molecule has 0 saturated heterocycles. The number of carbonyl (C=O) groups is 1. The van der Waals surface area contributed by atoms with Gasteiger partial charge in [0.05, 0.1) is 12.1 Å². The Bertz CT molecular complexity index is 507. The molecular weight excluding hydrogens is 199 g/mol. The summed E-state index contributed by atoms with van der Waals surface area (Å²) in [5.41, 5.74) is 1.28. The van der Waals surface area contributed by atoms with Gasteiger partial charge in [-0.1, -0.05) is 0 Å². The molecule has 0 saturated carbocycles. The number of carboxylic acid groups (broad SMARTS) is 1. The molecule has 0 radical (unpaired) electrons. The van der Waals surface area contributed by atoms with Gasteiger partial charge in [-0.3, -0.25) is 4.79 Å². The number of halogens is 1. The first-order valence-electron chi connectivity index (χ1n) is 4.50. The van der Waals surface area contributed by atoms with E-state index in [1.54, 1.807) is 16.7 Å². The van der Waals surface area contributed by atoms with Crippen molar-refractivity contribution in [2.75, 3.05) is 0 Å². The minimum absolute atomic E-state index is 0.0341. The number of imidazole rings is 1. The SMILES string of the molecule is O=C(O)CCc1cn2cc(F)ccc2n1. The lowest BCUT2D eigenvalue weighted by Crippen LogP contribution is -1.97. The van der Waals surface area contributed by atoms with Crippen molar-refractivity contribution in [3.8, 4) is 0 Å². The van der Waals surface area contributed by atoms with E-state index in [0.29, 0.717) is 17.8 Å². The Balaban J connectivity index is 2.27. The molecule has 2 rings (SSSR count). The second-order valence-corrected chi connectivity index (χ2v) is 3.24. The first-order chi connectivity index (χ1) is 7.15. The van der Waals surface area contributed by atoms with E-state index in [-0.39, 0.29) is 12.2 Å². The van der Waals surface area contributed by atoms with Crippen LogP contribution in [-0.2, 0) is 11.2 Å². The van der Waals surface area contributed by atoms with Crippen molar-refractivity contribution in [1.29, 1.82) is 0 Å². The molecule has 5 heteroatoms. The van der Waals surface area contributed by atoms with E-state index >= 15 is 0 Å². The average molecular weight is 208 g/mol. The smallest absolute Gasteiger partial charge is 0.303 e. The highest BCUT2D eigenvalue weighted by Gasteiger charge is 2.04. The molecule has 15 heavy (non-hydrogen) atoms. The molecule has 0 atom stereocenters. The molecule has 0 unspecified atom stereocenters. The summed E-state index contributed by atoms with van der Waals surface area (Å²) in [6, 6.07) is 2.88. The molecule has 0 aliphatic rings. The van der Waals surface area contributed by atoms with Crippen LogP contribution in [0.5, 0.6) is 0 Å². The van der Waals surface area contributed by atoms with Crippen molar-refractivity contribution < 1.29 is 14.3 Å². The number of hydrogen-bond donors (Lipinski definition) is 1. The number of rotatable bonds is 3. The number of fused-ring (bicyclic) bond motifs is 1. The predicted octanol–water partition coefficient (Wildman–Crippen LogP) is 1.49. The minimum Gasteiger partial charge on any atom is -0.481 e. The van der Waals surface area contributed by atoms with Gasteiger partial charge in [-0.05, 0) is 12.1 Å². The molecule has 78 valence electrons. The Morgan fingerprint density at radius 3 is 3.00 bits per heavy atom. The number of aliphatic carboxylic acids is 1. The molecule has 1 N–H and O–H groups in total. The fourth-order valence-electron chi connectivity index (χ4n) is 1.37. The zero-order valence-corrected chi connectivity index (χ0v) is 7.85. The van der Waals surface area contributed by atoms with Crippen molar-refractivity contribution in [2.24, 2.45) is 0 Å². The molecule has 0 fully saturated rings. The standard InChI is InChI=1S/C10H9FN2O2/c11-7-1-3-9-12-8(2-4-10(14)15)6-13(9)5-7/h1,3,5-6H,2,4H2,(H,14,15). The third kappa shape index (κ3) is 2.12. The number of aromatic nitrogens is 2. The van der Waals surface area contributed by atoms with E-state index in [1.807, 2.05) is 0 Å². The number of nitrogens with zero attached hydrogens (tertiary/aromatic N) is 2. The molecule has 4 nitrogen and oxygen atoms in total. The Kier molecular flexibility index (Phi) is 2.37. The van der Waals surface area contributed by atoms with Gasteiger partial charge >= 0.3 is 5.97 Å². The summed E-state index contributed by atoms with van der Waals surface area (Å²) in [7, 11) is 0. The molecular formula is C10H9FN2O2. The van der Waals surface area contributed by atoms with E-state index in [9.17, 15) is 9.18 Å². The van der Waals surface area contributed by atoms with Crippen LogP contribution in [0.25, 0.3) is 5.65 Å². The summed E-state index contributed by atoms with van der Waals surface area (Å²) < 4.78 is 14.4. The molecule has 0 spiro atoms. The summed E-state index contributed by atoms with van der Waals surface area (Å²) in [6.45, 7) is 0. The summed E-state index contributed by atoms with van der Waals surface area (Å²) in [4.78, 5) is 14.5. The molecule has 2 aromatic heterocycles. The third-order valence-electron chi connectivity index (χ3n) is 2.06. The number of aryl methyl sites for hydroxylation is 1. The Hall–Kier alpha value is -1.91. The second-order valence-electron chi connectivity index (χ2n) is 3.24. The van der Waals surface area contributed by atoms with Gasteiger partial charge in [0.15, 0.2) is 0 Å². The molecule has 0 aliphatic heterocycles. The molecule has 0 amide bonds. The van der Waals surface area contributed by atoms with Gasteiger partial charge in [0.2, 0.25) is 0 Å². The highest BCUT2D eigenvalue weighted by atomic mass is 19.1. The van der Waals surface area contributed by atoms with Gasteiger partial charge in [-0.2, -0.15) is 0 Å². The van der Waals surface area contributed by atoms with E-state index in [0.717, 1.165) is 0 Å². The molecule has 0 aliphatic carbocycles. The zero-order valence-electron chi connectivity index (χ0n) is 7.85. The summed E-state index contributed by atoms with van der Waals surface area (Å²) in [6.07, 6.45) is 3.35. The van der Waals surface area contributed by atoms with Crippen molar-refractivity contribution in [1.82, 2.24) is 9.38 Å².